The van der Waals surface area contributed by atoms with Crippen molar-refractivity contribution in [3.63, 3.8) is 0 Å². The van der Waals surface area contributed by atoms with Crippen molar-refractivity contribution in [3.8, 4) is 11.3 Å². The topological polar surface area (TPSA) is 54.3 Å². The van der Waals surface area contributed by atoms with Crippen LogP contribution in [0.25, 0.3) is 17.4 Å². The molecule has 0 fully saturated rings. The quantitative estimate of drug-likeness (QED) is 0.298. The summed E-state index contributed by atoms with van der Waals surface area (Å²) in [6.07, 6.45) is 2.89. The first kappa shape index (κ1) is 21.6. The monoisotopic (exact) mass is 508 g/mol. The first-order chi connectivity index (χ1) is 13.8. The van der Waals surface area contributed by atoms with Crippen molar-refractivity contribution < 1.29 is 9.21 Å². The molecule has 1 aromatic heterocycles. The third kappa shape index (κ3) is 5.93. The fourth-order valence-corrected chi connectivity index (χ4v) is 3.44. The van der Waals surface area contributed by atoms with Crippen molar-refractivity contribution in [2.24, 2.45) is 0 Å². The van der Waals surface area contributed by atoms with E-state index in [0.29, 0.717) is 21.6 Å². The molecule has 0 aliphatic carbocycles. The fourth-order valence-electron chi connectivity index (χ4n) is 2.47. The summed E-state index contributed by atoms with van der Waals surface area (Å²) in [5.74, 6) is 0.705. The molecule has 0 unspecified atom stereocenters. The van der Waals surface area contributed by atoms with Crippen LogP contribution in [-0.4, -0.2) is 11.0 Å². The first-order valence-electron chi connectivity index (χ1n) is 8.43. The standard InChI is InChI=1S/C21H15BrCl2N2O2S/c1-12-10-14(3-7-17(12)22)25-21(29)26-20(27)9-5-15-4-8-19(28-15)16-6-2-13(23)11-18(16)24/h2-11H,1H3,(H2,25,26,27,29)/b9-5+. The molecule has 4 nitrogen and oxygen atoms in total. The van der Waals surface area contributed by atoms with Crippen LogP contribution < -0.4 is 10.6 Å². The molecule has 3 aromatic rings. The zero-order valence-electron chi connectivity index (χ0n) is 15.1. The van der Waals surface area contributed by atoms with Crippen molar-refractivity contribution >= 4 is 74.1 Å². The predicted octanol–water partition coefficient (Wildman–Crippen LogP) is 6.85. The number of carbonyl (C=O) groups excluding carboxylic acids is 1. The smallest absolute Gasteiger partial charge is 0.250 e. The molecule has 2 aromatic carbocycles. The molecule has 0 aliphatic rings. The second-order valence-corrected chi connectivity index (χ2v) is 8.17. The summed E-state index contributed by atoms with van der Waals surface area (Å²) in [4.78, 5) is 12.1. The maximum absolute atomic E-state index is 12.1. The number of benzene rings is 2. The van der Waals surface area contributed by atoms with E-state index in [9.17, 15) is 4.79 Å². The van der Waals surface area contributed by atoms with Crippen LogP contribution in [0.2, 0.25) is 10.0 Å². The van der Waals surface area contributed by atoms with Crippen LogP contribution in [0.4, 0.5) is 5.69 Å². The predicted molar refractivity (Wildman–Crippen MR) is 126 cm³/mol. The van der Waals surface area contributed by atoms with E-state index in [0.717, 1.165) is 21.3 Å². The number of thiocarbonyl (C=S) groups is 1. The van der Waals surface area contributed by atoms with Crippen LogP contribution in [-0.2, 0) is 4.79 Å². The summed E-state index contributed by atoms with van der Waals surface area (Å²) in [6.45, 7) is 1.97. The van der Waals surface area contributed by atoms with Crippen LogP contribution in [0, 0.1) is 6.92 Å². The number of amides is 1. The molecule has 0 bridgehead atoms. The van der Waals surface area contributed by atoms with Crippen LogP contribution >= 0.6 is 51.3 Å². The van der Waals surface area contributed by atoms with Gasteiger partial charge in [0.15, 0.2) is 5.11 Å². The Bertz CT molecular complexity index is 1110. The Balaban J connectivity index is 1.59. The molecular formula is C21H15BrCl2N2O2S. The molecule has 0 atom stereocenters. The van der Waals surface area contributed by atoms with Crippen molar-refractivity contribution in [2.75, 3.05) is 5.32 Å². The molecular weight excluding hydrogens is 495 g/mol. The average Bonchev–Trinajstić information content (AvgIpc) is 3.11. The third-order valence-corrected chi connectivity index (χ3v) is 5.52. The van der Waals surface area contributed by atoms with E-state index in [1.807, 2.05) is 25.1 Å². The summed E-state index contributed by atoms with van der Waals surface area (Å²) in [7, 11) is 0. The van der Waals surface area contributed by atoms with Gasteiger partial charge in [0, 0.05) is 26.8 Å². The lowest BCUT2D eigenvalue weighted by Gasteiger charge is -2.09. The largest absolute Gasteiger partial charge is 0.457 e. The lowest BCUT2D eigenvalue weighted by molar-refractivity contribution is -0.115. The van der Waals surface area contributed by atoms with E-state index >= 15 is 0 Å². The normalized spacial score (nSPS) is 10.9. The number of rotatable bonds is 4. The molecule has 0 aliphatic heterocycles. The maximum Gasteiger partial charge on any atom is 0.250 e. The maximum atomic E-state index is 12.1. The minimum Gasteiger partial charge on any atom is -0.457 e. The molecule has 0 saturated heterocycles. The van der Waals surface area contributed by atoms with Crippen molar-refractivity contribution in [1.82, 2.24) is 5.32 Å². The van der Waals surface area contributed by atoms with Crippen LogP contribution in [0.3, 0.4) is 0 Å². The first-order valence-corrected chi connectivity index (χ1v) is 10.4. The molecule has 8 heteroatoms. The van der Waals surface area contributed by atoms with E-state index < -0.39 is 0 Å². The second kappa shape index (κ2) is 9.59. The zero-order chi connectivity index (χ0) is 21.0. The number of aryl methyl sites for hydroxylation is 1. The van der Waals surface area contributed by atoms with Gasteiger partial charge in [0.05, 0.1) is 5.02 Å². The average molecular weight is 510 g/mol. The van der Waals surface area contributed by atoms with Gasteiger partial charge >= 0.3 is 0 Å². The van der Waals surface area contributed by atoms with Gasteiger partial charge in [-0.2, -0.15) is 0 Å². The third-order valence-electron chi connectivity index (χ3n) is 3.87. The minimum absolute atomic E-state index is 0.203. The lowest BCUT2D eigenvalue weighted by atomic mass is 10.2. The van der Waals surface area contributed by atoms with Gasteiger partial charge in [0.2, 0.25) is 5.91 Å². The molecule has 0 saturated carbocycles. The number of hydrogen-bond acceptors (Lipinski definition) is 3. The van der Waals surface area contributed by atoms with Gasteiger partial charge in [0.25, 0.3) is 0 Å². The summed E-state index contributed by atoms with van der Waals surface area (Å²) in [5.41, 5.74) is 2.56. The Labute approximate surface area is 192 Å². The molecule has 0 radical (unpaired) electrons. The number of halogens is 3. The summed E-state index contributed by atoms with van der Waals surface area (Å²) >= 11 is 20.7. The second-order valence-electron chi connectivity index (χ2n) is 6.07. The SMILES string of the molecule is Cc1cc(NC(=S)NC(=O)/C=C/c2ccc(-c3ccc(Cl)cc3Cl)o2)ccc1Br. The summed E-state index contributed by atoms with van der Waals surface area (Å²) in [6, 6.07) is 14.4. The van der Waals surface area contributed by atoms with E-state index in [1.54, 1.807) is 36.4 Å². The number of carbonyl (C=O) groups is 1. The number of anilines is 1. The summed E-state index contributed by atoms with van der Waals surface area (Å²) < 4.78 is 6.72. The van der Waals surface area contributed by atoms with Crippen LogP contribution in [0.5, 0.6) is 0 Å². The molecule has 1 heterocycles. The van der Waals surface area contributed by atoms with Crippen molar-refractivity contribution in [2.45, 2.75) is 6.92 Å². The molecule has 1 amide bonds. The Morgan fingerprint density at radius 3 is 2.66 bits per heavy atom. The zero-order valence-corrected chi connectivity index (χ0v) is 19.0. The highest BCUT2D eigenvalue weighted by atomic mass is 79.9. The fraction of sp³-hybridized carbons (Fsp3) is 0.0476. The van der Waals surface area contributed by atoms with Crippen molar-refractivity contribution in [3.05, 3.63) is 80.4 Å². The van der Waals surface area contributed by atoms with Gasteiger partial charge in [-0.05, 0) is 79.3 Å². The molecule has 29 heavy (non-hydrogen) atoms. The highest BCUT2D eigenvalue weighted by Crippen LogP contribution is 2.31. The summed E-state index contributed by atoms with van der Waals surface area (Å²) in [5, 5.41) is 6.80. The van der Waals surface area contributed by atoms with E-state index in [1.165, 1.54) is 6.08 Å². The number of hydrogen-bond donors (Lipinski definition) is 2. The van der Waals surface area contributed by atoms with E-state index in [2.05, 4.69) is 26.6 Å². The molecule has 3 rings (SSSR count). The van der Waals surface area contributed by atoms with Gasteiger partial charge in [-0.1, -0.05) is 39.1 Å². The van der Waals surface area contributed by atoms with Crippen LogP contribution in [0.1, 0.15) is 11.3 Å². The van der Waals surface area contributed by atoms with Crippen molar-refractivity contribution in [1.29, 1.82) is 0 Å². The molecule has 2 N–H and O–H groups in total. The molecule has 148 valence electrons. The van der Waals surface area contributed by atoms with Gasteiger partial charge in [-0.3, -0.25) is 10.1 Å². The Morgan fingerprint density at radius 1 is 1.14 bits per heavy atom. The Hall–Kier alpha value is -2.12. The highest BCUT2D eigenvalue weighted by molar-refractivity contribution is 9.10. The molecule has 0 spiro atoms. The van der Waals surface area contributed by atoms with E-state index in [-0.39, 0.29) is 11.0 Å². The Kier molecular flexibility index (Phi) is 7.14. The van der Waals surface area contributed by atoms with Crippen LogP contribution in [0.15, 0.2) is 63.5 Å². The highest BCUT2D eigenvalue weighted by Gasteiger charge is 2.09. The number of nitrogens with one attached hydrogen (secondary N) is 2. The van der Waals surface area contributed by atoms with Gasteiger partial charge in [0.1, 0.15) is 11.5 Å². The van der Waals surface area contributed by atoms with Gasteiger partial charge in [-0.15, -0.1) is 0 Å². The van der Waals surface area contributed by atoms with E-state index in [4.69, 9.17) is 39.8 Å². The van der Waals surface area contributed by atoms with Gasteiger partial charge < -0.3 is 9.73 Å². The van der Waals surface area contributed by atoms with Gasteiger partial charge in [-0.25, -0.2) is 0 Å². The number of furan rings is 1. The lowest BCUT2D eigenvalue weighted by Crippen LogP contribution is -2.32. The minimum atomic E-state index is -0.376. The Morgan fingerprint density at radius 2 is 1.93 bits per heavy atom.